The molecule has 24 heavy (non-hydrogen) atoms. The van der Waals surface area contributed by atoms with E-state index in [-0.39, 0.29) is 12.6 Å². The fourth-order valence-corrected chi connectivity index (χ4v) is 2.06. The summed E-state index contributed by atoms with van der Waals surface area (Å²) in [7, 11) is 3.09. The molecule has 0 bridgehead atoms. The summed E-state index contributed by atoms with van der Waals surface area (Å²) in [6, 6.07) is 11.2. The van der Waals surface area contributed by atoms with Crippen molar-refractivity contribution in [1.82, 2.24) is 4.90 Å². The van der Waals surface area contributed by atoms with E-state index in [2.05, 4.69) is 5.32 Å². The zero-order valence-corrected chi connectivity index (χ0v) is 13.2. The third-order valence-corrected chi connectivity index (χ3v) is 3.37. The van der Waals surface area contributed by atoms with Gasteiger partial charge in [-0.3, -0.25) is 0 Å². The zero-order chi connectivity index (χ0) is 17.7. The summed E-state index contributed by atoms with van der Waals surface area (Å²) in [5.74, 6) is 0.609. The van der Waals surface area contributed by atoms with Crippen LogP contribution in [0.4, 0.5) is 23.7 Å². The summed E-state index contributed by atoms with van der Waals surface area (Å²) in [6.45, 7) is 0.188. The van der Waals surface area contributed by atoms with E-state index in [1.54, 1.807) is 31.3 Å². The quantitative estimate of drug-likeness (QED) is 0.899. The molecule has 128 valence electrons. The van der Waals surface area contributed by atoms with Crippen LogP contribution in [0.15, 0.2) is 48.5 Å². The smallest absolute Gasteiger partial charge is 0.416 e. The molecule has 0 unspecified atom stereocenters. The first-order valence-electron chi connectivity index (χ1n) is 7.12. The molecule has 7 heteroatoms. The van der Waals surface area contributed by atoms with Crippen molar-refractivity contribution in [3.05, 3.63) is 59.7 Å². The fourth-order valence-electron chi connectivity index (χ4n) is 2.06. The number of benzene rings is 2. The number of amides is 2. The first-order chi connectivity index (χ1) is 11.3. The van der Waals surface area contributed by atoms with Gasteiger partial charge in [0, 0.05) is 25.3 Å². The molecule has 0 spiro atoms. The van der Waals surface area contributed by atoms with Crippen molar-refractivity contribution in [1.29, 1.82) is 0 Å². The molecule has 0 aliphatic heterocycles. The Labute approximate surface area is 137 Å². The summed E-state index contributed by atoms with van der Waals surface area (Å²) < 4.78 is 42.7. The van der Waals surface area contributed by atoms with Crippen LogP contribution in [0.5, 0.6) is 5.75 Å². The van der Waals surface area contributed by atoms with Gasteiger partial charge >= 0.3 is 12.2 Å². The Morgan fingerprint density at radius 1 is 1.17 bits per heavy atom. The molecule has 0 radical (unpaired) electrons. The molecule has 0 fully saturated rings. The van der Waals surface area contributed by atoms with Crippen molar-refractivity contribution in [2.75, 3.05) is 19.5 Å². The molecule has 0 aromatic heterocycles. The van der Waals surface area contributed by atoms with Crippen molar-refractivity contribution in [3.8, 4) is 5.75 Å². The molecular weight excluding hydrogens is 321 g/mol. The van der Waals surface area contributed by atoms with Gasteiger partial charge in [-0.05, 0) is 29.8 Å². The molecule has 2 aromatic rings. The predicted molar refractivity (Wildman–Crippen MR) is 84.9 cm³/mol. The molecule has 0 saturated heterocycles. The monoisotopic (exact) mass is 338 g/mol. The minimum absolute atomic E-state index is 0.188. The molecule has 0 atom stereocenters. The first kappa shape index (κ1) is 17.7. The van der Waals surface area contributed by atoms with Gasteiger partial charge in [-0.2, -0.15) is 13.2 Å². The number of rotatable bonds is 4. The molecule has 0 aliphatic carbocycles. The van der Waals surface area contributed by atoms with E-state index in [9.17, 15) is 18.0 Å². The number of nitrogens with zero attached hydrogens (tertiary/aromatic N) is 1. The number of hydrogen-bond donors (Lipinski definition) is 1. The molecule has 1 N–H and O–H groups in total. The highest BCUT2D eigenvalue weighted by molar-refractivity contribution is 5.89. The van der Waals surface area contributed by atoms with Gasteiger partial charge in [0.2, 0.25) is 0 Å². The second kappa shape index (κ2) is 7.25. The van der Waals surface area contributed by atoms with Gasteiger partial charge in [0.05, 0.1) is 12.7 Å². The lowest BCUT2D eigenvalue weighted by atomic mass is 10.1. The zero-order valence-electron chi connectivity index (χ0n) is 13.2. The fraction of sp³-hybridized carbons (Fsp3) is 0.235. The molecule has 2 aromatic carbocycles. The average molecular weight is 338 g/mol. The highest BCUT2D eigenvalue weighted by atomic mass is 19.4. The minimum Gasteiger partial charge on any atom is -0.497 e. The van der Waals surface area contributed by atoms with E-state index in [0.29, 0.717) is 17.0 Å². The average Bonchev–Trinajstić information content (AvgIpc) is 2.54. The van der Waals surface area contributed by atoms with Gasteiger partial charge in [0.25, 0.3) is 0 Å². The summed E-state index contributed by atoms with van der Waals surface area (Å²) in [4.78, 5) is 13.5. The largest absolute Gasteiger partial charge is 0.497 e. The minimum atomic E-state index is -4.37. The number of ether oxygens (including phenoxy) is 1. The summed E-state index contributed by atoms with van der Waals surface area (Å²) in [5, 5.41) is 2.70. The number of methoxy groups -OCH3 is 1. The number of anilines is 1. The Hall–Kier alpha value is -2.70. The lowest BCUT2D eigenvalue weighted by Gasteiger charge is -2.18. The van der Waals surface area contributed by atoms with Crippen LogP contribution in [0, 0.1) is 0 Å². The maximum Gasteiger partial charge on any atom is 0.416 e. The summed E-state index contributed by atoms with van der Waals surface area (Å²) >= 11 is 0. The van der Waals surface area contributed by atoms with Crippen molar-refractivity contribution in [2.45, 2.75) is 12.7 Å². The molecule has 0 saturated carbocycles. The SMILES string of the molecule is COc1cccc(NC(=O)N(C)Cc2ccc(C(F)(F)F)cc2)c1. The van der Waals surface area contributed by atoms with Crippen LogP contribution in [0.3, 0.4) is 0 Å². The lowest BCUT2D eigenvalue weighted by Crippen LogP contribution is -2.30. The van der Waals surface area contributed by atoms with Crippen molar-refractivity contribution in [2.24, 2.45) is 0 Å². The van der Waals surface area contributed by atoms with Gasteiger partial charge in [0.15, 0.2) is 0 Å². The van der Waals surface area contributed by atoms with E-state index in [4.69, 9.17) is 4.74 Å². The summed E-state index contributed by atoms with van der Waals surface area (Å²) in [5.41, 5.74) is 0.458. The molecular formula is C17H17F3N2O2. The van der Waals surface area contributed by atoms with Gasteiger partial charge in [-0.1, -0.05) is 18.2 Å². The van der Waals surface area contributed by atoms with Gasteiger partial charge in [0.1, 0.15) is 5.75 Å². The predicted octanol–water partition coefficient (Wildman–Crippen LogP) is 4.38. The number of hydrogen-bond acceptors (Lipinski definition) is 2. The van der Waals surface area contributed by atoms with Crippen LogP contribution in [-0.4, -0.2) is 25.1 Å². The Bertz CT molecular complexity index is 700. The maximum absolute atomic E-state index is 12.5. The molecule has 2 amide bonds. The van der Waals surface area contributed by atoms with E-state index in [0.717, 1.165) is 12.1 Å². The third-order valence-electron chi connectivity index (χ3n) is 3.37. The van der Waals surface area contributed by atoms with Gasteiger partial charge < -0.3 is 15.0 Å². The highest BCUT2D eigenvalue weighted by Crippen LogP contribution is 2.29. The van der Waals surface area contributed by atoms with Crippen LogP contribution in [0.2, 0.25) is 0 Å². The van der Waals surface area contributed by atoms with Crippen molar-refractivity contribution >= 4 is 11.7 Å². The van der Waals surface area contributed by atoms with Crippen molar-refractivity contribution in [3.63, 3.8) is 0 Å². The normalized spacial score (nSPS) is 11.0. The van der Waals surface area contributed by atoms with E-state index in [1.807, 2.05) is 0 Å². The van der Waals surface area contributed by atoms with Crippen molar-refractivity contribution < 1.29 is 22.7 Å². The van der Waals surface area contributed by atoms with Crippen LogP contribution in [-0.2, 0) is 12.7 Å². The topological polar surface area (TPSA) is 41.6 Å². The van der Waals surface area contributed by atoms with E-state index >= 15 is 0 Å². The van der Waals surface area contributed by atoms with Gasteiger partial charge in [-0.15, -0.1) is 0 Å². The lowest BCUT2D eigenvalue weighted by molar-refractivity contribution is -0.137. The molecule has 0 aliphatic rings. The second-order valence-corrected chi connectivity index (χ2v) is 5.21. The molecule has 2 rings (SSSR count). The van der Waals surface area contributed by atoms with Crippen LogP contribution >= 0.6 is 0 Å². The highest BCUT2D eigenvalue weighted by Gasteiger charge is 2.29. The van der Waals surface area contributed by atoms with Gasteiger partial charge in [-0.25, -0.2) is 4.79 Å². The van der Waals surface area contributed by atoms with Crippen LogP contribution in [0.1, 0.15) is 11.1 Å². The third kappa shape index (κ3) is 4.65. The summed E-state index contributed by atoms with van der Waals surface area (Å²) in [6.07, 6.45) is -4.37. The molecule has 4 nitrogen and oxygen atoms in total. The Morgan fingerprint density at radius 3 is 2.42 bits per heavy atom. The molecule has 0 heterocycles. The number of carbonyl (C=O) groups is 1. The number of alkyl halides is 3. The maximum atomic E-state index is 12.5. The number of carbonyl (C=O) groups excluding carboxylic acids is 1. The van der Waals surface area contributed by atoms with Crippen LogP contribution in [0.25, 0.3) is 0 Å². The Kier molecular flexibility index (Phi) is 5.33. The second-order valence-electron chi connectivity index (χ2n) is 5.21. The Balaban J connectivity index is 1.98. The standard InChI is InChI=1S/C17H17F3N2O2/c1-22(11-12-6-8-13(9-7-12)17(18,19)20)16(23)21-14-4-3-5-15(10-14)24-2/h3-10H,11H2,1-2H3,(H,21,23). The van der Waals surface area contributed by atoms with E-state index in [1.165, 1.54) is 24.1 Å². The van der Waals surface area contributed by atoms with Crippen LogP contribution < -0.4 is 10.1 Å². The number of urea groups is 1. The first-order valence-corrected chi connectivity index (χ1v) is 7.12. The van der Waals surface area contributed by atoms with E-state index < -0.39 is 11.7 Å². The Morgan fingerprint density at radius 2 is 1.83 bits per heavy atom. The number of halogens is 3. The number of nitrogens with one attached hydrogen (secondary N) is 1.